The van der Waals surface area contributed by atoms with Gasteiger partial charge in [0, 0.05) is 12.2 Å². The average Bonchev–Trinajstić information content (AvgIpc) is 3.86. The van der Waals surface area contributed by atoms with E-state index in [1.54, 1.807) is 48.5 Å². The van der Waals surface area contributed by atoms with Gasteiger partial charge in [0.2, 0.25) is 0 Å². The molecule has 0 aromatic heterocycles. The molecular weight excluding hydrogens is 957 g/mol. The highest BCUT2D eigenvalue weighted by atomic mass is 32.2. The van der Waals surface area contributed by atoms with Crippen LogP contribution in [0.3, 0.4) is 0 Å². The lowest BCUT2D eigenvalue weighted by molar-refractivity contribution is -0.141. The Labute approximate surface area is 432 Å². The Morgan fingerprint density at radius 2 is 0.944 bits per heavy atom. The smallest absolute Gasteiger partial charge is 0.330 e. The van der Waals surface area contributed by atoms with Crippen LogP contribution < -0.4 is 28.4 Å². The fourth-order valence-electron chi connectivity index (χ4n) is 8.62. The van der Waals surface area contributed by atoms with Gasteiger partial charge < -0.3 is 37.9 Å². The molecule has 6 rings (SSSR count). The van der Waals surface area contributed by atoms with Gasteiger partial charge in [-0.05, 0) is 175 Å². The number of thioether (sulfide) groups is 2. The number of nitrogens with zero attached hydrogens (tertiary/aromatic N) is 2. The highest BCUT2D eigenvalue weighted by Crippen LogP contribution is 2.57. The molecule has 0 saturated heterocycles. The van der Waals surface area contributed by atoms with Crippen LogP contribution in [0.25, 0.3) is 4.85 Å². The van der Waals surface area contributed by atoms with Crippen LogP contribution in [0.15, 0.2) is 95.8 Å². The molecule has 3 aromatic carbocycles. The summed E-state index contributed by atoms with van der Waals surface area (Å²) in [7, 11) is 0. The van der Waals surface area contributed by atoms with Crippen LogP contribution in [-0.4, -0.2) is 74.1 Å². The summed E-state index contributed by atoms with van der Waals surface area (Å²) in [6.07, 6.45) is 15.6. The van der Waals surface area contributed by atoms with Crippen molar-refractivity contribution in [1.29, 1.82) is 5.26 Å². The molecule has 0 N–H and O–H groups in total. The first-order chi connectivity index (χ1) is 35.2. The second-order valence-corrected chi connectivity index (χ2v) is 20.7. The van der Waals surface area contributed by atoms with Crippen LogP contribution in [0.2, 0.25) is 0 Å². The molecule has 1 unspecified atom stereocenters. The molecule has 3 aromatic rings. The second-order valence-electron chi connectivity index (χ2n) is 18.1. The van der Waals surface area contributed by atoms with E-state index >= 15 is 0 Å². The van der Waals surface area contributed by atoms with Crippen molar-refractivity contribution in [2.24, 2.45) is 23.7 Å². The zero-order chi connectivity index (χ0) is 50.9. The van der Waals surface area contributed by atoms with Crippen molar-refractivity contribution in [1.82, 2.24) is 0 Å². The number of rotatable bonds is 29. The van der Waals surface area contributed by atoms with Crippen molar-refractivity contribution in [2.75, 3.05) is 39.6 Å². The van der Waals surface area contributed by atoms with E-state index in [2.05, 4.69) is 24.1 Å². The van der Waals surface area contributed by atoms with E-state index in [-0.39, 0.29) is 40.2 Å². The fourth-order valence-corrected chi connectivity index (χ4v) is 11.5. The standard InChI is InChI=1S/C56H66N2O12S2/c1-4-50(59)65-34-12-8-6-10-32-63-43-22-26-45(27-23-43)69-54(61)41-18-14-39(15-19-41)37-67-48-30-31-49(53-52(48)71-56(72-53)47(36-57)58-3)68-38-40-16-20-42(21-17-40)55(62)70-46-28-24-44(25-29-46)64-33-11-7-9-13-35-66-51(60)5-2/h4-5,22-31,39-42,47,56H,1-2,6-21,32-35,37-38H2. The molecule has 1 atom stereocenters. The Hall–Kier alpha value is -6.10. The number of carbonyl (C=O) groups excluding carboxylic acids is 4. The maximum Gasteiger partial charge on any atom is 0.330 e. The van der Waals surface area contributed by atoms with Gasteiger partial charge >= 0.3 is 29.9 Å². The van der Waals surface area contributed by atoms with E-state index in [1.165, 1.54) is 23.5 Å². The van der Waals surface area contributed by atoms with E-state index in [9.17, 15) is 24.4 Å². The van der Waals surface area contributed by atoms with Crippen molar-refractivity contribution < 1.29 is 57.1 Å². The zero-order valence-corrected chi connectivity index (χ0v) is 42.6. The quantitative estimate of drug-likeness (QED) is 0.0211. The van der Waals surface area contributed by atoms with E-state index in [4.69, 9.17) is 44.5 Å². The Morgan fingerprint density at radius 3 is 1.31 bits per heavy atom. The van der Waals surface area contributed by atoms with Crippen LogP contribution in [0, 0.1) is 41.6 Å². The maximum atomic E-state index is 13.1. The molecule has 2 aliphatic carbocycles. The summed E-state index contributed by atoms with van der Waals surface area (Å²) in [6, 6.07) is 19.4. The number of ether oxygens (including phenoxy) is 8. The average molecular weight is 1020 g/mol. The monoisotopic (exact) mass is 1020 g/mol. The first kappa shape index (κ1) is 55.2. The summed E-state index contributed by atoms with van der Waals surface area (Å²) in [6.45, 7) is 17.3. The summed E-state index contributed by atoms with van der Waals surface area (Å²) >= 11 is 2.95. The van der Waals surface area contributed by atoms with E-state index < -0.39 is 18.0 Å². The Balaban J connectivity index is 0.885. The number of unbranched alkanes of at least 4 members (excludes halogenated alkanes) is 6. The van der Waals surface area contributed by atoms with Crippen LogP contribution in [0.4, 0.5) is 0 Å². The highest BCUT2D eigenvalue weighted by molar-refractivity contribution is 8.19. The number of nitriles is 1. The van der Waals surface area contributed by atoms with E-state index in [0.717, 1.165) is 99.0 Å². The third-order valence-corrected chi connectivity index (χ3v) is 15.8. The zero-order valence-electron chi connectivity index (χ0n) is 41.0. The minimum Gasteiger partial charge on any atom is -0.494 e. The molecule has 1 heterocycles. The van der Waals surface area contributed by atoms with Gasteiger partial charge in [-0.25, -0.2) is 16.2 Å². The predicted molar refractivity (Wildman–Crippen MR) is 274 cm³/mol. The topological polar surface area (TPSA) is 170 Å². The Bertz CT molecular complexity index is 2170. The van der Waals surface area contributed by atoms with Crippen molar-refractivity contribution in [2.45, 2.75) is 123 Å². The molecule has 1 aliphatic heterocycles. The minimum absolute atomic E-state index is 0.195. The predicted octanol–water partition coefficient (Wildman–Crippen LogP) is 11.9. The first-order valence-electron chi connectivity index (χ1n) is 25.2. The normalized spacial score (nSPS) is 19.4. The second kappa shape index (κ2) is 30.1. The molecule has 0 amide bonds. The van der Waals surface area contributed by atoms with E-state index in [1.807, 2.05) is 12.1 Å². The van der Waals surface area contributed by atoms with Gasteiger partial charge in [-0.15, -0.1) is 0 Å². The van der Waals surface area contributed by atoms with Gasteiger partial charge in [0.05, 0.1) is 61.3 Å². The lowest BCUT2D eigenvalue weighted by atomic mass is 9.82. The molecular formula is C56H66N2O12S2. The number of esters is 4. The molecule has 72 heavy (non-hydrogen) atoms. The van der Waals surface area contributed by atoms with Crippen LogP contribution in [-0.2, 0) is 28.7 Å². The van der Waals surface area contributed by atoms with Crippen molar-refractivity contribution in [3.63, 3.8) is 0 Å². The van der Waals surface area contributed by atoms with Crippen LogP contribution >= 0.6 is 23.5 Å². The maximum absolute atomic E-state index is 13.1. The van der Waals surface area contributed by atoms with Gasteiger partial charge in [0.15, 0.2) is 6.07 Å². The molecule has 0 bridgehead atoms. The van der Waals surface area contributed by atoms with Crippen LogP contribution in [0.5, 0.6) is 34.5 Å². The summed E-state index contributed by atoms with van der Waals surface area (Å²) < 4.78 is 45.8. The summed E-state index contributed by atoms with van der Waals surface area (Å²) in [4.78, 5) is 53.8. The molecule has 384 valence electrons. The van der Waals surface area contributed by atoms with Gasteiger partial charge in [-0.3, -0.25) is 14.4 Å². The SMILES string of the molecule is [C-]#[N+]C(C#N)C1Sc2c(OCC3CCC(C(=O)Oc4ccc(OCCCCCCOC(=O)C=C)cc4)CC3)ccc(OCC3CCC(C(=O)Oc4ccc(OCCCCCCOC(=O)C=C)cc4)CC3)c2S1. The number of fused-ring (bicyclic) bond motifs is 1. The number of hydrogen-bond acceptors (Lipinski definition) is 15. The molecule has 14 nitrogen and oxygen atoms in total. The first-order valence-corrected chi connectivity index (χ1v) is 26.9. The van der Waals surface area contributed by atoms with Crippen LogP contribution in [0.1, 0.15) is 103 Å². The summed E-state index contributed by atoms with van der Waals surface area (Å²) in [5.74, 6) is 2.64. The molecule has 2 saturated carbocycles. The fraction of sp³-hybridized carbons (Fsp3) is 0.500. The van der Waals surface area contributed by atoms with E-state index in [0.29, 0.717) is 99.8 Å². The number of carbonyl (C=O) groups is 4. The molecule has 0 spiro atoms. The van der Waals surface area contributed by atoms with Gasteiger partial charge in [-0.1, -0.05) is 36.7 Å². The highest BCUT2D eigenvalue weighted by Gasteiger charge is 2.39. The molecule has 0 radical (unpaired) electrons. The van der Waals surface area contributed by atoms with Gasteiger partial charge in [-0.2, -0.15) is 5.26 Å². The van der Waals surface area contributed by atoms with Crippen molar-refractivity contribution >= 4 is 47.4 Å². The molecule has 2 fully saturated rings. The third kappa shape index (κ3) is 17.9. The molecule has 16 heteroatoms. The van der Waals surface area contributed by atoms with Gasteiger partial charge in [0.25, 0.3) is 0 Å². The van der Waals surface area contributed by atoms with Gasteiger partial charge in [0.1, 0.15) is 39.1 Å². The number of benzene rings is 3. The lowest BCUT2D eigenvalue weighted by Gasteiger charge is -2.28. The third-order valence-electron chi connectivity index (χ3n) is 12.9. The van der Waals surface area contributed by atoms with Crippen molar-refractivity contribution in [3.8, 4) is 40.6 Å². The summed E-state index contributed by atoms with van der Waals surface area (Å²) in [5.41, 5.74) is 0. The summed E-state index contributed by atoms with van der Waals surface area (Å²) in [5, 5.41) is 9.76. The Morgan fingerprint density at radius 1 is 0.569 bits per heavy atom. The number of hydrogen-bond donors (Lipinski definition) is 0. The molecule has 3 aliphatic rings. The Kier molecular flexibility index (Phi) is 23.0. The lowest BCUT2D eigenvalue weighted by Crippen LogP contribution is -2.28. The van der Waals surface area contributed by atoms with Crippen molar-refractivity contribution in [3.05, 3.63) is 97.4 Å². The largest absolute Gasteiger partial charge is 0.494 e. The minimum atomic E-state index is -0.832.